The number of rotatable bonds is 2. The van der Waals surface area contributed by atoms with Gasteiger partial charge in [0.1, 0.15) is 0 Å². The molecule has 1 aliphatic rings. The molecular weight excluding hydrogens is 172 g/mol. The van der Waals surface area contributed by atoms with Gasteiger partial charge in [0.25, 0.3) is 0 Å². The van der Waals surface area contributed by atoms with Crippen LogP contribution in [-0.4, -0.2) is 24.8 Å². The average Bonchev–Trinajstić information content (AvgIpc) is 2.03. The zero-order valence-corrected chi connectivity index (χ0v) is 8.60. The molecule has 1 unspecified atom stereocenters. The maximum atomic E-state index is 6.10. The normalized spacial score (nSPS) is 20.2. The second-order valence-corrected chi connectivity index (χ2v) is 3.69. The summed E-state index contributed by atoms with van der Waals surface area (Å²) in [6, 6.07) is 0. The first-order valence-corrected chi connectivity index (χ1v) is 4.66. The fraction of sp³-hybridized carbons (Fsp3) is 0.667. The van der Waals surface area contributed by atoms with Gasteiger partial charge in [-0.2, -0.15) is 5.10 Å². The SMILES string of the molecule is CCC(C)C1=C(Cl)CN(C)N=C1. The van der Waals surface area contributed by atoms with Crippen LogP contribution < -0.4 is 0 Å². The number of hydrazone groups is 1. The van der Waals surface area contributed by atoms with Crippen LogP contribution in [0.15, 0.2) is 15.7 Å². The Bertz CT molecular complexity index is 221. The van der Waals surface area contributed by atoms with Crippen molar-refractivity contribution < 1.29 is 0 Å². The molecule has 1 aliphatic heterocycles. The van der Waals surface area contributed by atoms with Gasteiger partial charge in [0.05, 0.1) is 12.8 Å². The van der Waals surface area contributed by atoms with Crippen molar-refractivity contribution in [3.8, 4) is 0 Å². The molecular formula is C9H15ClN2. The summed E-state index contributed by atoms with van der Waals surface area (Å²) in [4.78, 5) is 0. The molecule has 0 saturated carbocycles. The molecule has 0 bridgehead atoms. The minimum Gasteiger partial charge on any atom is -0.295 e. The van der Waals surface area contributed by atoms with Crippen molar-refractivity contribution >= 4 is 17.8 Å². The highest BCUT2D eigenvalue weighted by molar-refractivity contribution is 6.31. The summed E-state index contributed by atoms with van der Waals surface area (Å²) in [6.07, 6.45) is 2.99. The molecule has 68 valence electrons. The first-order chi connectivity index (χ1) is 5.65. The highest BCUT2D eigenvalue weighted by atomic mass is 35.5. The monoisotopic (exact) mass is 186 g/mol. The van der Waals surface area contributed by atoms with Crippen LogP contribution in [0.3, 0.4) is 0 Å². The van der Waals surface area contributed by atoms with E-state index in [2.05, 4.69) is 18.9 Å². The smallest absolute Gasteiger partial charge is 0.0717 e. The molecule has 2 nitrogen and oxygen atoms in total. The topological polar surface area (TPSA) is 15.6 Å². The molecule has 1 heterocycles. The molecule has 0 aliphatic carbocycles. The summed E-state index contributed by atoms with van der Waals surface area (Å²) in [5, 5.41) is 6.97. The number of allylic oxidation sites excluding steroid dienone is 1. The molecule has 1 atom stereocenters. The number of halogens is 1. The van der Waals surface area contributed by atoms with Crippen LogP contribution >= 0.6 is 11.6 Å². The van der Waals surface area contributed by atoms with Gasteiger partial charge in [0.2, 0.25) is 0 Å². The van der Waals surface area contributed by atoms with Crippen molar-refractivity contribution in [3.63, 3.8) is 0 Å². The van der Waals surface area contributed by atoms with Crippen LogP contribution in [0.2, 0.25) is 0 Å². The van der Waals surface area contributed by atoms with Gasteiger partial charge in [-0.25, -0.2) is 0 Å². The van der Waals surface area contributed by atoms with Gasteiger partial charge < -0.3 is 0 Å². The van der Waals surface area contributed by atoms with E-state index in [0.717, 1.165) is 18.0 Å². The second kappa shape index (κ2) is 3.94. The van der Waals surface area contributed by atoms with Gasteiger partial charge >= 0.3 is 0 Å². The Morgan fingerprint density at radius 3 is 2.92 bits per heavy atom. The van der Waals surface area contributed by atoms with Crippen molar-refractivity contribution in [3.05, 3.63) is 10.6 Å². The zero-order valence-electron chi connectivity index (χ0n) is 7.84. The second-order valence-electron chi connectivity index (χ2n) is 3.23. The molecule has 0 aromatic rings. The van der Waals surface area contributed by atoms with Gasteiger partial charge in [-0.3, -0.25) is 5.01 Å². The van der Waals surface area contributed by atoms with E-state index in [4.69, 9.17) is 11.6 Å². The standard InChI is InChI=1S/C9H15ClN2/c1-4-7(2)8-5-11-12(3)6-9(8)10/h5,7H,4,6H2,1-3H3. The van der Waals surface area contributed by atoms with E-state index in [-0.39, 0.29) is 0 Å². The van der Waals surface area contributed by atoms with Crippen LogP contribution in [0.4, 0.5) is 0 Å². The Morgan fingerprint density at radius 2 is 2.42 bits per heavy atom. The van der Waals surface area contributed by atoms with Crippen molar-refractivity contribution in [1.29, 1.82) is 0 Å². The number of hydrogen-bond donors (Lipinski definition) is 0. The molecule has 0 amide bonds. The van der Waals surface area contributed by atoms with Crippen molar-refractivity contribution in [1.82, 2.24) is 5.01 Å². The molecule has 0 radical (unpaired) electrons. The molecule has 0 saturated heterocycles. The van der Waals surface area contributed by atoms with Crippen molar-refractivity contribution in [2.24, 2.45) is 11.0 Å². The molecule has 0 aromatic carbocycles. The molecule has 12 heavy (non-hydrogen) atoms. The highest BCUT2D eigenvalue weighted by Gasteiger charge is 2.14. The predicted molar refractivity (Wildman–Crippen MR) is 53.5 cm³/mol. The van der Waals surface area contributed by atoms with Gasteiger partial charge in [-0.15, -0.1) is 0 Å². The first kappa shape index (κ1) is 9.59. The van der Waals surface area contributed by atoms with Crippen LogP contribution in [0.5, 0.6) is 0 Å². The molecule has 3 heteroatoms. The lowest BCUT2D eigenvalue weighted by molar-refractivity contribution is 0.385. The summed E-state index contributed by atoms with van der Waals surface area (Å²) < 4.78 is 0. The molecule has 0 aromatic heterocycles. The summed E-state index contributed by atoms with van der Waals surface area (Å²) in [6.45, 7) is 5.08. The van der Waals surface area contributed by atoms with Crippen LogP contribution in [0, 0.1) is 5.92 Å². The minimum absolute atomic E-state index is 0.523. The van der Waals surface area contributed by atoms with Crippen LogP contribution in [0.25, 0.3) is 0 Å². The van der Waals surface area contributed by atoms with E-state index in [1.54, 1.807) is 0 Å². The van der Waals surface area contributed by atoms with E-state index in [0.29, 0.717) is 5.92 Å². The molecule has 0 fully saturated rings. The lowest BCUT2D eigenvalue weighted by Crippen LogP contribution is -2.20. The van der Waals surface area contributed by atoms with E-state index < -0.39 is 0 Å². The van der Waals surface area contributed by atoms with E-state index >= 15 is 0 Å². The minimum atomic E-state index is 0.523. The lowest BCUT2D eigenvalue weighted by atomic mass is 9.98. The summed E-state index contributed by atoms with van der Waals surface area (Å²) >= 11 is 6.10. The first-order valence-electron chi connectivity index (χ1n) is 4.28. The van der Waals surface area contributed by atoms with E-state index in [1.807, 2.05) is 18.3 Å². The van der Waals surface area contributed by atoms with Gasteiger partial charge in [0.15, 0.2) is 0 Å². The van der Waals surface area contributed by atoms with Gasteiger partial charge in [0, 0.05) is 12.1 Å². The largest absolute Gasteiger partial charge is 0.295 e. The Kier molecular flexibility index (Phi) is 3.15. The molecule has 0 spiro atoms. The van der Waals surface area contributed by atoms with Gasteiger partial charge in [-0.1, -0.05) is 25.4 Å². The number of nitrogens with zero attached hydrogens (tertiary/aromatic N) is 2. The Hall–Kier alpha value is -0.500. The Balaban J connectivity index is 2.77. The maximum absolute atomic E-state index is 6.10. The van der Waals surface area contributed by atoms with Crippen LogP contribution in [0.1, 0.15) is 20.3 Å². The Labute approximate surface area is 78.9 Å². The highest BCUT2D eigenvalue weighted by Crippen LogP contribution is 2.22. The average molecular weight is 187 g/mol. The summed E-state index contributed by atoms with van der Waals surface area (Å²) in [5.74, 6) is 0.523. The predicted octanol–water partition coefficient (Wildman–Crippen LogP) is 2.46. The third kappa shape index (κ3) is 2.01. The Morgan fingerprint density at radius 1 is 1.75 bits per heavy atom. The zero-order chi connectivity index (χ0) is 9.14. The lowest BCUT2D eigenvalue weighted by Gasteiger charge is -2.21. The molecule has 0 N–H and O–H groups in total. The summed E-state index contributed by atoms with van der Waals surface area (Å²) in [7, 11) is 1.92. The third-order valence-corrected chi connectivity index (χ3v) is 2.56. The van der Waals surface area contributed by atoms with Gasteiger partial charge in [-0.05, 0) is 17.9 Å². The maximum Gasteiger partial charge on any atom is 0.0717 e. The van der Waals surface area contributed by atoms with E-state index in [9.17, 15) is 0 Å². The number of likely N-dealkylation sites (N-methyl/N-ethyl adjacent to an activating group) is 1. The van der Waals surface area contributed by atoms with E-state index in [1.165, 1.54) is 5.57 Å². The third-order valence-electron chi connectivity index (χ3n) is 2.22. The van der Waals surface area contributed by atoms with Crippen molar-refractivity contribution in [2.75, 3.05) is 13.6 Å². The summed E-state index contributed by atoms with van der Waals surface area (Å²) in [5.41, 5.74) is 1.19. The molecule has 1 rings (SSSR count). The fourth-order valence-electron chi connectivity index (χ4n) is 1.18. The number of hydrogen-bond acceptors (Lipinski definition) is 2. The van der Waals surface area contributed by atoms with Crippen LogP contribution in [-0.2, 0) is 0 Å². The fourth-order valence-corrected chi connectivity index (χ4v) is 1.59. The quantitative estimate of drug-likeness (QED) is 0.647. The van der Waals surface area contributed by atoms with Crippen molar-refractivity contribution in [2.45, 2.75) is 20.3 Å².